The fourth-order valence-electron chi connectivity index (χ4n) is 4.71. The third-order valence-electron chi connectivity index (χ3n) is 6.70. The summed E-state index contributed by atoms with van der Waals surface area (Å²) in [5.74, 6) is 0.330. The second-order valence-electron chi connectivity index (χ2n) is 9.78. The van der Waals surface area contributed by atoms with Crippen molar-refractivity contribution in [2.75, 3.05) is 26.2 Å². The van der Waals surface area contributed by atoms with Crippen molar-refractivity contribution in [1.29, 1.82) is 0 Å². The van der Waals surface area contributed by atoms with Crippen molar-refractivity contribution in [1.82, 2.24) is 10.4 Å². The fourth-order valence-corrected chi connectivity index (χ4v) is 4.71. The van der Waals surface area contributed by atoms with Gasteiger partial charge in [-0.15, -0.1) is 0 Å². The highest BCUT2D eigenvalue weighted by Gasteiger charge is 2.18. The Morgan fingerprint density at radius 1 is 0.812 bits per heavy atom. The summed E-state index contributed by atoms with van der Waals surface area (Å²) in [5.41, 5.74) is 4.59. The minimum atomic E-state index is 0.291. The lowest BCUT2D eigenvalue weighted by atomic mass is 10.0. The van der Waals surface area contributed by atoms with Crippen molar-refractivity contribution >= 4 is 0 Å². The van der Waals surface area contributed by atoms with Crippen LogP contribution in [-0.2, 0) is 11.3 Å². The van der Waals surface area contributed by atoms with Crippen LogP contribution in [0.1, 0.15) is 109 Å². The Balaban J connectivity index is 1.47. The molecule has 32 heavy (non-hydrogen) atoms. The summed E-state index contributed by atoms with van der Waals surface area (Å²) >= 11 is 0. The van der Waals surface area contributed by atoms with Crippen molar-refractivity contribution in [3.8, 4) is 5.75 Å². The Kier molecular flexibility index (Phi) is 15.6. The van der Waals surface area contributed by atoms with Gasteiger partial charge in [0.05, 0.1) is 6.61 Å². The van der Waals surface area contributed by atoms with E-state index in [2.05, 4.69) is 17.3 Å². The summed E-state index contributed by atoms with van der Waals surface area (Å²) in [4.78, 5) is 8.41. The maximum Gasteiger partial charge on any atom is 0.115 e. The number of nitrogens with zero attached hydrogens (tertiary/aromatic N) is 1. The molecule has 1 aliphatic heterocycles. The molecule has 0 amide bonds. The lowest BCUT2D eigenvalue weighted by Gasteiger charge is -2.24. The number of phenols is 1. The van der Waals surface area contributed by atoms with Gasteiger partial charge in [-0.2, -0.15) is 5.48 Å². The topological polar surface area (TPSA) is 44.7 Å². The first-order valence-corrected chi connectivity index (χ1v) is 13.7. The van der Waals surface area contributed by atoms with E-state index >= 15 is 0 Å². The Morgan fingerprint density at radius 3 is 1.91 bits per heavy atom. The van der Waals surface area contributed by atoms with Crippen LogP contribution in [0.2, 0.25) is 0 Å². The van der Waals surface area contributed by atoms with Gasteiger partial charge in [0, 0.05) is 12.6 Å². The molecule has 184 valence electrons. The summed E-state index contributed by atoms with van der Waals surface area (Å²) in [5, 5.41) is 9.52. The summed E-state index contributed by atoms with van der Waals surface area (Å²) < 4.78 is 0. The first-order valence-electron chi connectivity index (χ1n) is 13.7. The number of rotatable bonds is 20. The third-order valence-corrected chi connectivity index (χ3v) is 6.70. The zero-order valence-corrected chi connectivity index (χ0v) is 20.8. The molecule has 0 spiro atoms. The molecule has 1 aromatic rings. The highest BCUT2D eigenvalue weighted by molar-refractivity contribution is 5.26. The Bertz CT molecular complexity index is 543. The van der Waals surface area contributed by atoms with Crippen LogP contribution in [0.5, 0.6) is 5.75 Å². The lowest BCUT2D eigenvalue weighted by molar-refractivity contribution is 0.00660. The fraction of sp³-hybridized carbons (Fsp3) is 0.786. The Labute approximate surface area is 198 Å². The molecule has 1 aliphatic rings. The first kappa shape index (κ1) is 27.1. The molecule has 1 fully saturated rings. The number of hydrogen-bond donors (Lipinski definition) is 2. The minimum absolute atomic E-state index is 0.291. The Hall–Kier alpha value is -1.10. The predicted molar refractivity (Wildman–Crippen MR) is 136 cm³/mol. The first-order chi connectivity index (χ1) is 15.8. The Morgan fingerprint density at radius 2 is 1.34 bits per heavy atom. The normalized spacial score (nSPS) is 15.4. The number of aromatic hydroxyl groups is 1. The van der Waals surface area contributed by atoms with E-state index in [4.69, 9.17) is 4.84 Å². The van der Waals surface area contributed by atoms with Crippen LogP contribution in [0.4, 0.5) is 0 Å². The van der Waals surface area contributed by atoms with Gasteiger partial charge < -0.3 is 14.8 Å². The van der Waals surface area contributed by atoms with Gasteiger partial charge in [-0.05, 0) is 56.5 Å². The van der Waals surface area contributed by atoms with Gasteiger partial charge in [0.1, 0.15) is 5.75 Å². The van der Waals surface area contributed by atoms with E-state index in [9.17, 15) is 5.11 Å². The van der Waals surface area contributed by atoms with Crippen LogP contribution in [0.3, 0.4) is 0 Å². The molecular formula is C28H50N2O2. The number of nitrogens with one attached hydrogen (secondary N) is 1. The second kappa shape index (κ2) is 18.3. The standard InChI is InChI=1S/C28H50N2O2/c1-2-3-4-5-6-7-8-9-10-11-12-13-16-23-32-29-27(25-30-21-14-15-22-30)24-26-17-19-28(31)20-18-26/h17-20,27,29,31H,2-16,21-25H2,1H3/t27-/m0/s1. The number of hydrogen-bond acceptors (Lipinski definition) is 4. The second-order valence-corrected chi connectivity index (χ2v) is 9.78. The molecule has 4 heteroatoms. The van der Waals surface area contributed by atoms with Gasteiger partial charge in [0.2, 0.25) is 0 Å². The number of hydroxylamine groups is 1. The number of phenolic OH excluding ortho intramolecular Hbond substituents is 1. The maximum absolute atomic E-state index is 9.52. The van der Waals surface area contributed by atoms with E-state index in [1.807, 2.05) is 12.1 Å². The molecule has 0 bridgehead atoms. The zero-order chi connectivity index (χ0) is 22.7. The number of likely N-dealkylation sites (tertiary alicyclic amines) is 1. The molecule has 4 nitrogen and oxygen atoms in total. The summed E-state index contributed by atoms with van der Waals surface area (Å²) in [6, 6.07) is 7.87. The summed E-state index contributed by atoms with van der Waals surface area (Å²) in [7, 11) is 0. The molecule has 1 aromatic carbocycles. The molecule has 0 aliphatic carbocycles. The molecule has 0 aromatic heterocycles. The van der Waals surface area contributed by atoms with Crippen molar-refractivity contribution in [2.45, 2.75) is 116 Å². The van der Waals surface area contributed by atoms with E-state index in [1.165, 1.54) is 109 Å². The van der Waals surface area contributed by atoms with Gasteiger partial charge in [0.25, 0.3) is 0 Å². The van der Waals surface area contributed by atoms with Crippen LogP contribution < -0.4 is 5.48 Å². The van der Waals surface area contributed by atoms with Gasteiger partial charge in [0.15, 0.2) is 0 Å². The molecule has 2 N–H and O–H groups in total. The number of benzene rings is 1. The number of unbranched alkanes of at least 4 members (excludes halogenated alkanes) is 12. The van der Waals surface area contributed by atoms with Gasteiger partial charge >= 0.3 is 0 Å². The molecule has 0 unspecified atom stereocenters. The summed E-state index contributed by atoms with van der Waals surface area (Å²) in [6.45, 7) is 6.51. The van der Waals surface area contributed by atoms with Crippen molar-refractivity contribution in [2.24, 2.45) is 0 Å². The maximum atomic E-state index is 9.52. The lowest BCUT2D eigenvalue weighted by Crippen LogP contribution is -2.41. The minimum Gasteiger partial charge on any atom is -0.508 e. The zero-order valence-electron chi connectivity index (χ0n) is 20.8. The molecule has 2 rings (SSSR count). The third kappa shape index (κ3) is 13.4. The molecule has 1 atom stereocenters. The molecular weight excluding hydrogens is 396 g/mol. The van der Waals surface area contributed by atoms with E-state index in [0.29, 0.717) is 11.8 Å². The van der Waals surface area contributed by atoms with Crippen molar-refractivity contribution < 1.29 is 9.94 Å². The van der Waals surface area contributed by atoms with E-state index in [-0.39, 0.29) is 0 Å². The van der Waals surface area contributed by atoms with Crippen LogP contribution in [0.15, 0.2) is 24.3 Å². The van der Waals surface area contributed by atoms with Gasteiger partial charge in [-0.1, -0.05) is 96.1 Å². The van der Waals surface area contributed by atoms with Gasteiger partial charge in [-0.25, -0.2) is 0 Å². The molecule has 1 saturated heterocycles. The van der Waals surface area contributed by atoms with Crippen LogP contribution >= 0.6 is 0 Å². The van der Waals surface area contributed by atoms with Crippen LogP contribution in [0.25, 0.3) is 0 Å². The highest BCUT2D eigenvalue weighted by Crippen LogP contribution is 2.15. The summed E-state index contributed by atoms with van der Waals surface area (Å²) in [6.07, 6.45) is 21.4. The van der Waals surface area contributed by atoms with Gasteiger partial charge in [-0.3, -0.25) is 0 Å². The average Bonchev–Trinajstić information content (AvgIpc) is 3.31. The molecule has 0 radical (unpaired) electrons. The van der Waals surface area contributed by atoms with E-state index < -0.39 is 0 Å². The van der Waals surface area contributed by atoms with Crippen molar-refractivity contribution in [3.05, 3.63) is 29.8 Å². The largest absolute Gasteiger partial charge is 0.508 e. The highest BCUT2D eigenvalue weighted by atomic mass is 16.6. The quantitative estimate of drug-likeness (QED) is 0.167. The van der Waals surface area contributed by atoms with Crippen LogP contribution in [0, 0.1) is 0 Å². The van der Waals surface area contributed by atoms with E-state index in [0.717, 1.165) is 26.0 Å². The average molecular weight is 447 g/mol. The van der Waals surface area contributed by atoms with Crippen molar-refractivity contribution in [3.63, 3.8) is 0 Å². The van der Waals surface area contributed by atoms with Crippen LogP contribution in [-0.4, -0.2) is 42.3 Å². The van der Waals surface area contributed by atoms with E-state index in [1.54, 1.807) is 12.1 Å². The monoisotopic (exact) mass is 446 g/mol. The molecule has 1 heterocycles. The smallest absolute Gasteiger partial charge is 0.115 e. The molecule has 0 saturated carbocycles. The SMILES string of the molecule is CCCCCCCCCCCCCCCON[C@@H](Cc1ccc(O)cc1)CN1CCCC1. The predicted octanol–water partition coefficient (Wildman–Crippen LogP) is 7.01.